The third-order valence-corrected chi connectivity index (χ3v) is 12.8. The van der Waals surface area contributed by atoms with Crippen molar-refractivity contribution in [3.8, 4) is 0 Å². The highest BCUT2D eigenvalue weighted by molar-refractivity contribution is 6.74. The van der Waals surface area contributed by atoms with E-state index >= 15 is 0 Å². The summed E-state index contributed by atoms with van der Waals surface area (Å²) in [4.78, 5) is 15.3. The maximum Gasteiger partial charge on any atom is 0.330 e. The van der Waals surface area contributed by atoms with Gasteiger partial charge in [0.15, 0.2) is 8.32 Å². The van der Waals surface area contributed by atoms with Gasteiger partial charge in [0.05, 0.1) is 18.2 Å². The maximum absolute atomic E-state index is 12.8. The fourth-order valence-electron chi connectivity index (χ4n) is 5.37. The Morgan fingerprint density at radius 3 is 1.74 bits per heavy atom. The second-order valence-corrected chi connectivity index (χ2v) is 16.6. The van der Waals surface area contributed by atoms with E-state index in [0.29, 0.717) is 13.2 Å². The number of rotatable bonds is 8. The smallest absolute Gasteiger partial charge is 0.330 e. The van der Waals surface area contributed by atoms with Gasteiger partial charge in [-0.25, -0.2) is 4.79 Å². The lowest BCUT2D eigenvalue weighted by Crippen LogP contribution is -2.55. The number of likely N-dealkylation sites (tertiary alicyclic amines) is 1. The Balaban J connectivity index is 1.87. The summed E-state index contributed by atoms with van der Waals surface area (Å²) < 4.78 is 12.3. The highest BCUT2D eigenvalue weighted by Gasteiger charge is 2.46. The molecule has 0 saturated carbocycles. The zero-order valence-electron chi connectivity index (χ0n) is 24.3. The van der Waals surface area contributed by atoms with E-state index in [1.165, 1.54) is 16.7 Å². The first-order valence-corrected chi connectivity index (χ1v) is 17.0. The summed E-state index contributed by atoms with van der Waals surface area (Å²) in [6.07, 6.45) is 2.37. The van der Waals surface area contributed by atoms with Crippen LogP contribution >= 0.6 is 0 Å². The van der Waals surface area contributed by atoms with E-state index in [4.69, 9.17) is 9.16 Å². The predicted molar refractivity (Wildman–Crippen MR) is 162 cm³/mol. The van der Waals surface area contributed by atoms with Crippen molar-refractivity contribution < 1.29 is 14.0 Å². The van der Waals surface area contributed by atoms with Crippen LogP contribution in [-0.2, 0) is 19.5 Å². The third kappa shape index (κ3) is 6.11. The summed E-state index contributed by atoms with van der Waals surface area (Å²) in [5.74, 6) is -0.303. The number of nitrogens with zero attached hydrogens (tertiary/aromatic N) is 1. The van der Waals surface area contributed by atoms with Gasteiger partial charge in [0.25, 0.3) is 0 Å². The van der Waals surface area contributed by atoms with E-state index in [9.17, 15) is 4.79 Å². The number of ether oxygens (including phenoxy) is 1. The molecular weight excluding hydrogens is 498 g/mol. The van der Waals surface area contributed by atoms with Crippen LogP contribution in [0.5, 0.6) is 0 Å². The maximum atomic E-state index is 12.8. The molecule has 4 rings (SSSR count). The molecule has 0 radical (unpaired) electrons. The van der Waals surface area contributed by atoms with E-state index in [0.717, 1.165) is 18.5 Å². The predicted octanol–water partition coefficient (Wildman–Crippen LogP) is 7.56. The van der Waals surface area contributed by atoms with Gasteiger partial charge in [-0.15, -0.1) is 0 Å². The van der Waals surface area contributed by atoms with Crippen LogP contribution < -0.4 is 0 Å². The minimum Gasteiger partial charge on any atom is -0.463 e. The first kappa shape index (κ1) is 29.0. The standard InChI is InChI=1S/C34H43NO3Si/c1-7-37-32(36)25-27-26-35(24-23-31(27)38-39(5,6)33(2,3)4)34(28-17-11-8-12-18-28,29-19-13-9-14-20-29)30-21-15-10-16-22-30/h8-22,25,31H,7,23-24,26H2,1-6H3/b27-25-. The lowest BCUT2D eigenvalue weighted by molar-refractivity contribution is -0.137. The highest BCUT2D eigenvalue weighted by Crippen LogP contribution is 2.45. The molecule has 3 aromatic carbocycles. The van der Waals surface area contributed by atoms with E-state index in [2.05, 4.69) is 130 Å². The Labute approximate surface area is 235 Å². The second kappa shape index (κ2) is 12.0. The number of hydrogen-bond donors (Lipinski definition) is 0. The molecule has 4 nitrogen and oxygen atoms in total. The van der Waals surface area contributed by atoms with Crippen LogP contribution in [0.2, 0.25) is 18.1 Å². The van der Waals surface area contributed by atoms with Crippen molar-refractivity contribution in [1.29, 1.82) is 0 Å². The topological polar surface area (TPSA) is 38.8 Å². The summed E-state index contributed by atoms with van der Waals surface area (Å²) in [5, 5.41) is 0.0705. The molecule has 1 unspecified atom stereocenters. The van der Waals surface area contributed by atoms with Gasteiger partial charge in [0, 0.05) is 19.2 Å². The molecule has 5 heteroatoms. The molecule has 39 heavy (non-hydrogen) atoms. The summed E-state index contributed by atoms with van der Waals surface area (Å²) in [6, 6.07) is 32.1. The lowest BCUT2D eigenvalue weighted by Gasteiger charge is -2.50. The highest BCUT2D eigenvalue weighted by atomic mass is 28.4. The molecule has 1 atom stereocenters. The van der Waals surface area contributed by atoms with Crippen LogP contribution in [0.4, 0.5) is 0 Å². The SMILES string of the molecule is CCOC(=O)/C=C1/CN(C(c2ccccc2)(c2ccccc2)c2ccccc2)CCC1O[Si](C)(C)C(C)(C)C. The minimum absolute atomic E-state index is 0.0705. The first-order chi connectivity index (χ1) is 18.6. The van der Waals surface area contributed by atoms with Gasteiger partial charge in [-0.2, -0.15) is 0 Å². The summed E-state index contributed by atoms with van der Waals surface area (Å²) in [7, 11) is -2.07. The van der Waals surface area contributed by atoms with Crippen LogP contribution in [0.25, 0.3) is 0 Å². The molecule has 0 aromatic heterocycles. The van der Waals surface area contributed by atoms with Crippen molar-refractivity contribution in [2.75, 3.05) is 19.7 Å². The number of piperidine rings is 1. The molecule has 1 fully saturated rings. The van der Waals surface area contributed by atoms with Crippen LogP contribution in [0.15, 0.2) is 103 Å². The van der Waals surface area contributed by atoms with Crippen molar-refractivity contribution in [2.24, 2.45) is 0 Å². The van der Waals surface area contributed by atoms with Crippen molar-refractivity contribution in [3.63, 3.8) is 0 Å². The average Bonchev–Trinajstić information content (AvgIpc) is 2.92. The van der Waals surface area contributed by atoms with Gasteiger partial charge in [-0.1, -0.05) is 112 Å². The van der Waals surface area contributed by atoms with Crippen molar-refractivity contribution >= 4 is 14.3 Å². The fourth-order valence-corrected chi connectivity index (χ4v) is 6.71. The Bertz CT molecular complexity index is 1150. The second-order valence-electron chi connectivity index (χ2n) is 11.9. The molecule has 0 amide bonds. The zero-order chi connectivity index (χ0) is 28.1. The molecule has 1 aliphatic heterocycles. The largest absolute Gasteiger partial charge is 0.463 e. The number of esters is 1. The summed E-state index contributed by atoms with van der Waals surface area (Å²) >= 11 is 0. The fraction of sp³-hybridized carbons (Fsp3) is 0.382. The molecule has 0 aliphatic carbocycles. The molecule has 3 aromatic rings. The Hall–Kier alpha value is -2.99. The molecular formula is C34H43NO3Si. The summed E-state index contributed by atoms with van der Waals surface area (Å²) in [6.45, 7) is 14.9. The van der Waals surface area contributed by atoms with Crippen LogP contribution in [0.1, 0.15) is 50.8 Å². The zero-order valence-corrected chi connectivity index (χ0v) is 25.3. The average molecular weight is 542 g/mol. The Morgan fingerprint density at radius 1 is 0.872 bits per heavy atom. The lowest BCUT2D eigenvalue weighted by atomic mass is 9.74. The van der Waals surface area contributed by atoms with E-state index < -0.39 is 13.9 Å². The monoisotopic (exact) mass is 541 g/mol. The molecule has 1 aliphatic rings. The number of carbonyl (C=O) groups is 1. The number of carbonyl (C=O) groups excluding carboxylic acids is 1. The van der Waals surface area contributed by atoms with Gasteiger partial charge in [0.2, 0.25) is 0 Å². The quantitative estimate of drug-likeness (QED) is 0.128. The number of hydrogen-bond acceptors (Lipinski definition) is 4. The van der Waals surface area contributed by atoms with Crippen LogP contribution in [0, 0.1) is 0 Å². The van der Waals surface area contributed by atoms with Gasteiger partial charge >= 0.3 is 5.97 Å². The molecule has 1 heterocycles. The van der Waals surface area contributed by atoms with E-state index in [1.54, 1.807) is 6.08 Å². The van der Waals surface area contributed by atoms with Crippen LogP contribution in [-0.4, -0.2) is 45.0 Å². The van der Waals surface area contributed by atoms with Gasteiger partial charge < -0.3 is 9.16 Å². The van der Waals surface area contributed by atoms with Crippen molar-refractivity contribution in [2.45, 2.75) is 63.9 Å². The van der Waals surface area contributed by atoms with Crippen molar-refractivity contribution in [1.82, 2.24) is 4.90 Å². The number of benzene rings is 3. The van der Waals surface area contributed by atoms with Gasteiger partial charge in [-0.05, 0) is 53.7 Å². The minimum atomic E-state index is -2.07. The van der Waals surface area contributed by atoms with E-state index in [-0.39, 0.29) is 17.1 Å². The van der Waals surface area contributed by atoms with Gasteiger partial charge in [-0.3, -0.25) is 4.90 Å². The molecule has 0 bridgehead atoms. The van der Waals surface area contributed by atoms with E-state index in [1.807, 2.05) is 6.92 Å². The summed E-state index contributed by atoms with van der Waals surface area (Å²) in [5.41, 5.74) is 4.03. The molecule has 0 N–H and O–H groups in total. The van der Waals surface area contributed by atoms with Crippen LogP contribution in [0.3, 0.4) is 0 Å². The normalized spacial score (nSPS) is 18.2. The molecule has 0 spiro atoms. The van der Waals surface area contributed by atoms with Gasteiger partial charge in [0.1, 0.15) is 0 Å². The van der Waals surface area contributed by atoms with Crippen molar-refractivity contribution in [3.05, 3.63) is 119 Å². The Kier molecular flexibility index (Phi) is 8.95. The Morgan fingerprint density at radius 2 is 1.33 bits per heavy atom. The third-order valence-electron chi connectivity index (χ3n) is 8.33. The molecule has 206 valence electrons. The molecule has 1 saturated heterocycles. The first-order valence-electron chi connectivity index (χ1n) is 14.1.